The number of hydrogen-bond donors (Lipinski definition) is 0. The number of carbonyl (C=O) groups excluding carboxylic acids is 3. The summed E-state index contributed by atoms with van der Waals surface area (Å²) in [5.41, 5.74) is 0. The first-order valence-corrected chi connectivity index (χ1v) is 30.0. The summed E-state index contributed by atoms with van der Waals surface area (Å²) >= 11 is 0. The second kappa shape index (κ2) is 61.6. The molecule has 0 aromatic rings. The van der Waals surface area contributed by atoms with Gasteiger partial charge in [-0.15, -0.1) is 0 Å². The highest BCUT2D eigenvalue weighted by Crippen LogP contribution is 2.13. The lowest BCUT2D eigenvalue weighted by molar-refractivity contribution is -0.166. The third-order valence-corrected chi connectivity index (χ3v) is 12.0. The predicted octanol–water partition coefficient (Wildman–Crippen LogP) is 20.5. The van der Waals surface area contributed by atoms with Gasteiger partial charge in [-0.2, -0.15) is 0 Å². The molecule has 0 aromatic heterocycles. The number of ether oxygens (including phenoxy) is 3. The van der Waals surface area contributed by atoms with Crippen LogP contribution in [-0.4, -0.2) is 37.2 Å². The second-order valence-corrected chi connectivity index (χ2v) is 19.2. The number of rotatable bonds is 52. The Morgan fingerprint density at radius 1 is 0.293 bits per heavy atom. The zero-order valence-electron chi connectivity index (χ0n) is 48.0. The maximum atomic E-state index is 12.8. The van der Waals surface area contributed by atoms with Crippen LogP contribution in [0.5, 0.6) is 0 Å². The first kappa shape index (κ1) is 70.0. The summed E-state index contributed by atoms with van der Waals surface area (Å²) in [7, 11) is 0. The number of hydrogen-bond acceptors (Lipinski definition) is 6. The van der Waals surface area contributed by atoms with E-state index in [1.807, 2.05) is 6.08 Å². The number of unbranched alkanes of at least 4 members (excludes halogenated alkanes) is 16. The third kappa shape index (κ3) is 59.8. The molecule has 0 saturated carbocycles. The van der Waals surface area contributed by atoms with E-state index in [-0.39, 0.29) is 31.6 Å². The van der Waals surface area contributed by atoms with Crippen molar-refractivity contribution in [2.75, 3.05) is 13.2 Å². The van der Waals surface area contributed by atoms with E-state index < -0.39 is 12.1 Å². The van der Waals surface area contributed by atoms with Crippen molar-refractivity contribution in [3.05, 3.63) is 158 Å². The van der Waals surface area contributed by atoms with Gasteiger partial charge in [0.15, 0.2) is 6.10 Å². The summed E-state index contributed by atoms with van der Waals surface area (Å²) in [5.74, 6) is -1.10. The molecular weight excluding hydrogens is 925 g/mol. The summed E-state index contributed by atoms with van der Waals surface area (Å²) in [4.78, 5) is 38.1. The van der Waals surface area contributed by atoms with Gasteiger partial charge in [-0.1, -0.05) is 249 Å². The van der Waals surface area contributed by atoms with Gasteiger partial charge in [0, 0.05) is 12.8 Å². The third-order valence-electron chi connectivity index (χ3n) is 12.0. The van der Waals surface area contributed by atoms with Gasteiger partial charge >= 0.3 is 17.9 Å². The van der Waals surface area contributed by atoms with E-state index in [1.165, 1.54) is 51.4 Å². The fourth-order valence-electron chi connectivity index (χ4n) is 7.61. The van der Waals surface area contributed by atoms with Gasteiger partial charge in [0.05, 0.1) is 6.42 Å². The topological polar surface area (TPSA) is 78.9 Å². The van der Waals surface area contributed by atoms with Gasteiger partial charge in [-0.05, 0) is 128 Å². The van der Waals surface area contributed by atoms with Crippen molar-refractivity contribution in [2.24, 2.45) is 0 Å². The van der Waals surface area contributed by atoms with Crippen molar-refractivity contribution in [3.63, 3.8) is 0 Å². The SMILES string of the molecule is CC/C=C\C/C=C\C/C=C\C/C=C\C/C=C\C/C=C\C/C=C\CCCCCCCC(=O)OCC(COC(=O)CCCCCCC/C=C\CCCCCCCC)OC(=O)C/C=C\C/C=C\C/C=C\C/C=C\C/C=C\CC. The van der Waals surface area contributed by atoms with Gasteiger partial charge < -0.3 is 14.2 Å². The number of esters is 3. The Kier molecular flexibility index (Phi) is 57.5. The minimum absolute atomic E-state index is 0.0834. The molecule has 0 saturated heterocycles. The standard InChI is InChI=1S/C69H108O6/c1-4-7-10-13-16-19-22-25-28-29-30-31-32-33-34-35-36-37-38-39-42-44-47-50-53-56-59-62-68(71)74-65-66(75-69(72)63-60-57-54-51-48-45-41-27-24-21-18-15-12-9-6-3)64-73-67(70)61-58-55-52-49-46-43-40-26-23-20-17-14-11-8-5-2/h7,9-10,12,16,18-19,21,25-28,30-31,33-34,36-37,39-42,48,51,57,60,66H,4-6,8,11,13-15,17,20,22-24,29,32,35,38,43-47,49-50,52-56,58-59,61-65H2,1-3H3/b10-7-,12-9-,19-16-,21-18-,28-25-,31-30-,34-33-,37-36-,40-26-,41-27-,42-39-,51-48-,60-57-. The van der Waals surface area contributed by atoms with Crippen LogP contribution in [0.2, 0.25) is 0 Å². The Balaban J connectivity index is 4.49. The van der Waals surface area contributed by atoms with E-state index in [9.17, 15) is 14.4 Å². The smallest absolute Gasteiger partial charge is 0.310 e. The van der Waals surface area contributed by atoms with Crippen molar-refractivity contribution in [1.29, 1.82) is 0 Å². The zero-order valence-corrected chi connectivity index (χ0v) is 48.0. The van der Waals surface area contributed by atoms with E-state index in [1.54, 1.807) is 6.08 Å². The van der Waals surface area contributed by atoms with Crippen LogP contribution in [-0.2, 0) is 28.6 Å². The van der Waals surface area contributed by atoms with Crippen molar-refractivity contribution < 1.29 is 28.6 Å². The van der Waals surface area contributed by atoms with Crippen molar-refractivity contribution in [2.45, 2.75) is 245 Å². The minimum atomic E-state index is -0.852. The molecule has 0 fully saturated rings. The van der Waals surface area contributed by atoms with E-state index in [0.29, 0.717) is 19.3 Å². The first-order valence-electron chi connectivity index (χ1n) is 30.0. The normalized spacial score (nSPS) is 13.3. The van der Waals surface area contributed by atoms with Crippen LogP contribution < -0.4 is 0 Å². The largest absolute Gasteiger partial charge is 0.462 e. The quantitative estimate of drug-likeness (QED) is 0.0261. The van der Waals surface area contributed by atoms with E-state index in [4.69, 9.17) is 14.2 Å². The molecule has 0 spiro atoms. The molecule has 6 nitrogen and oxygen atoms in total. The average molecular weight is 1030 g/mol. The van der Waals surface area contributed by atoms with Gasteiger partial charge in [0.2, 0.25) is 0 Å². The van der Waals surface area contributed by atoms with Gasteiger partial charge in [0.25, 0.3) is 0 Å². The van der Waals surface area contributed by atoms with Gasteiger partial charge in [-0.3, -0.25) is 14.4 Å². The Hall–Kier alpha value is -4.97. The Labute approximate surface area is 460 Å². The highest BCUT2D eigenvalue weighted by molar-refractivity contribution is 5.72. The van der Waals surface area contributed by atoms with E-state index in [2.05, 4.69) is 167 Å². The molecule has 0 amide bonds. The van der Waals surface area contributed by atoms with Gasteiger partial charge in [0.1, 0.15) is 13.2 Å². The Morgan fingerprint density at radius 3 is 0.893 bits per heavy atom. The summed E-state index contributed by atoms with van der Waals surface area (Å²) in [5, 5.41) is 0. The maximum Gasteiger partial charge on any atom is 0.310 e. The Bertz CT molecular complexity index is 1710. The fraction of sp³-hybridized carbons (Fsp3) is 0.580. The molecule has 0 radical (unpaired) electrons. The van der Waals surface area contributed by atoms with Crippen molar-refractivity contribution in [3.8, 4) is 0 Å². The van der Waals surface area contributed by atoms with E-state index >= 15 is 0 Å². The molecule has 0 N–H and O–H groups in total. The summed E-state index contributed by atoms with van der Waals surface area (Å²) < 4.78 is 16.7. The maximum absolute atomic E-state index is 12.8. The fourth-order valence-corrected chi connectivity index (χ4v) is 7.61. The second-order valence-electron chi connectivity index (χ2n) is 19.2. The summed E-state index contributed by atoms with van der Waals surface area (Å²) in [6.45, 7) is 6.29. The molecule has 0 aliphatic carbocycles. The van der Waals surface area contributed by atoms with Crippen LogP contribution >= 0.6 is 0 Å². The van der Waals surface area contributed by atoms with Crippen LogP contribution in [0.1, 0.15) is 239 Å². The number of allylic oxidation sites excluding steroid dienone is 25. The Morgan fingerprint density at radius 2 is 0.560 bits per heavy atom. The number of carbonyl (C=O) groups is 3. The predicted molar refractivity (Wildman–Crippen MR) is 325 cm³/mol. The van der Waals surface area contributed by atoms with Crippen LogP contribution in [0.4, 0.5) is 0 Å². The van der Waals surface area contributed by atoms with Crippen molar-refractivity contribution in [1.82, 2.24) is 0 Å². The molecule has 0 aliphatic rings. The highest BCUT2D eigenvalue weighted by atomic mass is 16.6. The molecule has 1 unspecified atom stereocenters. The molecule has 0 rings (SSSR count). The summed E-state index contributed by atoms with van der Waals surface area (Å²) in [6, 6.07) is 0. The molecule has 1 atom stereocenters. The molecular formula is C69H108O6. The van der Waals surface area contributed by atoms with Crippen molar-refractivity contribution >= 4 is 17.9 Å². The lowest BCUT2D eigenvalue weighted by atomic mass is 10.1. The highest BCUT2D eigenvalue weighted by Gasteiger charge is 2.19. The monoisotopic (exact) mass is 1030 g/mol. The van der Waals surface area contributed by atoms with Crippen LogP contribution in [0.25, 0.3) is 0 Å². The molecule has 0 heterocycles. The van der Waals surface area contributed by atoms with Gasteiger partial charge in [-0.25, -0.2) is 0 Å². The summed E-state index contributed by atoms with van der Waals surface area (Å²) in [6.07, 6.45) is 89.8. The average Bonchev–Trinajstić information content (AvgIpc) is 3.41. The molecule has 0 bridgehead atoms. The molecule has 75 heavy (non-hydrogen) atoms. The zero-order chi connectivity index (χ0) is 54.3. The lowest BCUT2D eigenvalue weighted by Crippen LogP contribution is -2.30. The first-order chi connectivity index (χ1) is 37.0. The minimum Gasteiger partial charge on any atom is -0.462 e. The van der Waals surface area contributed by atoms with Crippen LogP contribution in [0.15, 0.2) is 158 Å². The van der Waals surface area contributed by atoms with Crippen LogP contribution in [0, 0.1) is 0 Å². The van der Waals surface area contributed by atoms with Crippen LogP contribution in [0.3, 0.4) is 0 Å². The molecule has 6 heteroatoms. The molecule has 420 valence electrons. The van der Waals surface area contributed by atoms with E-state index in [0.717, 1.165) is 141 Å². The molecule has 0 aliphatic heterocycles. The lowest BCUT2D eigenvalue weighted by Gasteiger charge is -2.18. The molecule has 0 aromatic carbocycles.